The molecule has 2 heterocycles. The number of H-pyrrole nitrogens is 1. The van der Waals surface area contributed by atoms with Crippen LogP contribution in [0.5, 0.6) is 0 Å². The van der Waals surface area contributed by atoms with Crippen LogP contribution in [0, 0.1) is 13.8 Å². The Bertz CT molecular complexity index is 804. The molecule has 1 aliphatic heterocycles. The van der Waals surface area contributed by atoms with Gasteiger partial charge >= 0.3 is 5.97 Å². The van der Waals surface area contributed by atoms with Crippen LogP contribution in [0.3, 0.4) is 0 Å². The molecule has 8 heteroatoms. The Labute approximate surface area is 164 Å². The van der Waals surface area contributed by atoms with Crippen molar-refractivity contribution in [2.75, 3.05) is 45.9 Å². The lowest BCUT2D eigenvalue weighted by Gasteiger charge is -2.34. The van der Waals surface area contributed by atoms with Gasteiger partial charge in [-0.25, -0.2) is 9.78 Å². The van der Waals surface area contributed by atoms with Gasteiger partial charge in [0.25, 0.3) is 5.91 Å². The van der Waals surface area contributed by atoms with Crippen molar-refractivity contribution in [1.82, 2.24) is 19.8 Å². The fourth-order valence-electron chi connectivity index (χ4n) is 3.11. The number of carbonyl (C=O) groups is 2. The van der Waals surface area contributed by atoms with E-state index in [1.54, 1.807) is 29.2 Å². The highest BCUT2D eigenvalue weighted by molar-refractivity contribution is 5.91. The van der Waals surface area contributed by atoms with Gasteiger partial charge in [0.05, 0.1) is 17.9 Å². The first-order valence-electron chi connectivity index (χ1n) is 9.39. The Hall–Kier alpha value is -2.71. The minimum atomic E-state index is -0.523. The minimum Gasteiger partial charge on any atom is -0.452 e. The van der Waals surface area contributed by atoms with Gasteiger partial charge < -0.3 is 19.7 Å². The predicted octanol–water partition coefficient (Wildman–Crippen LogP) is 0.987. The van der Waals surface area contributed by atoms with Gasteiger partial charge in [-0.15, -0.1) is 0 Å². The predicted molar refractivity (Wildman–Crippen MR) is 104 cm³/mol. The van der Waals surface area contributed by atoms with Gasteiger partial charge in [-0.1, -0.05) is 12.1 Å². The van der Waals surface area contributed by atoms with Gasteiger partial charge in [-0.05, 0) is 26.0 Å². The lowest BCUT2D eigenvalue weighted by Crippen LogP contribution is -2.50. The van der Waals surface area contributed by atoms with E-state index in [2.05, 4.69) is 14.9 Å². The summed E-state index contributed by atoms with van der Waals surface area (Å²) in [7, 11) is 0. The highest BCUT2D eigenvalue weighted by Crippen LogP contribution is 2.18. The number of aliphatic hydroxyl groups excluding tert-OH is 1. The zero-order valence-corrected chi connectivity index (χ0v) is 16.3. The molecule has 0 aliphatic carbocycles. The molecule has 150 valence electrons. The topological polar surface area (TPSA) is 98.8 Å². The highest BCUT2D eigenvalue weighted by atomic mass is 16.5. The zero-order chi connectivity index (χ0) is 20.1. The molecule has 2 N–H and O–H groups in total. The number of nitrogens with one attached hydrogen (secondary N) is 1. The Morgan fingerprint density at radius 1 is 1.14 bits per heavy atom. The molecule has 0 bridgehead atoms. The number of aliphatic hydroxyl groups is 1. The molecule has 1 aromatic heterocycles. The summed E-state index contributed by atoms with van der Waals surface area (Å²) in [5.41, 5.74) is 3.22. The highest BCUT2D eigenvalue weighted by Gasteiger charge is 2.22. The number of hydrogen-bond donors (Lipinski definition) is 2. The van der Waals surface area contributed by atoms with Crippen LogP contribution < -0.4 is 0 Å². The van der Waals surface area contributed by atoms with Crippen LogP contribution in [0.25, 0.3) is 11.4 Å². The fourth-order valence-corrected chi connectivity index (χ4v) is 3.11. The Balaban J connectivity index is 1.50. The molecule has 1 aliphatic rings. The third kappa shape index (κ3) is 4.76. The van der Waals surface area contributed by atoms with Gasteiger partial charge in [0.15, 0.2) is 6.61 Å². The SMILES string of the molecule is Cc1nc(-c2ccc(C(=O)OCC(=O)N3CCN(CCO)CC3)cc2)[nH]c1C. The number of ether oxygens (including phenoxy) is 1. The largest absolute Gasteiger partial charge is 0.452 e. The van der Waals surface area contributed by atoms with E-state index >= 15 is 0 Å². The lowest BCUT2D eigenvalue weighted by molar-refractivity contribution is -0.136. The van der Waals surface area contributed by atoms with Crippen molar-refractivity contribution < 1.29 is 19.4 Å². The van der Waals surface area contributed by atoms with E-state index in [4.69, 9.17) is 9.84 Å². The monoisotopic (exact) mass is 386 g/mol. The lowest BCUT2D eigenvalue weighted by atomic mass is 10.1. The summed E-state index contributed by atoms with van der Waals surface area (Å²) >= 11 is 0. The van der Waals surface area contributed by atoms with Crippen LogP contribution in [-0.4, -0.2) is 82.7 Å². The number of hydrogen-bond acceptors (Lipinski definition) is 6. The van der Waals surface area contributed by atoms with Crippen LogP contribution >= 0.6 is 0 Å². The number of β-amino-alcohol motifs (C(OH)–C–C–N with tert-alkyl or cyclic N) is 1. The number of nitrogens with zero attached hydrogens (tertiary/aromatic N) is 3. The number of benzene rings is 1. The van der Waals surface area contributed by atoms with Crippen molar-refractivity contribution in [3.8, 4) is 11.4 Å². The second-order valence-electron chi connectivity index (χ2n) is 6.90. The zero-order valence-electron chi connectivity index (χ0n) is 16.3. The van der Waals surface area contributed by atoms with Crippen LogP contribution in [0.15, 0.2) is 24.3 Å². The number of rotatable bonds is 6. The van der Waals surface area contributed by atoms with Crippen LogP contribution in [0.4, 0.5) is 0 Å². The summed E-state index contributed by atoms with van der Waals surface area (Å²) in [6.07, 6.45) is 0. The number of aromatic amines is 1. The average Bonchev–Trinajstić information content (AvgIpc) is 3.05. The molecule has 0 unspecified atom stereocenters. The number of carbonyl (C=O) groups excluding carboxylic acids is 2. The fraction of sp³-hybridized carbons (Fsp3) is 0.450. The summed E-state index contributed by atoms with van der Waals surface area (Å²) < 4.78 is 5.18. The van der Waals surface area contributed by atoms with E-state index < -0.39 is 5.97 Å². The number of aromatic nitrogens is 2. The van der Waals surface area contributed by atoms with E-state index in [-0.39, 0.29) is 19.1 Å². The summed E-state index contributed by atoms with van der Waals surface area (Å²) in [6, 6.07) is 6.94. The second kappa shape index (κ2) is 8.99. The number of piperazine rings is 1. The summed E-state index contributed by atoms with van der Waals surface area (Å²) in [6.45, 7) is 6.94. The van der Waals surface area contributed by atoms with Crippen LogP contribution in [0.2, 0.25) is 0 Å². The minimum absolute atomic E-state index is 0.115. The maximum atomic E-state index is 12.2. The van der Waals surface area contributed by atoms with Crippen molar-refractivity contribution in [3.05, 3.63) is 41.2 Å². The Morgan fingerprint density at radius 3 is 2.39 bits per heavy atom. The summed E-state index contributed by atoms with van der Waals surface area (Å²) in [4.78, 5) is 35.9. The molecule has 1 aromatic carbocycles. The van der Waals surface area contributed by atoms with Gasteiger partial charge in [0, 0.05) is 44.0 Å². The van der Waals surface area contributed by atoms with E-state index in [0.29, 0.717) is 38.3 Å². The summed E-state index contributed by atoms with van der Waals surface area (Å²) in [5, 5.41) is 8.96. The first-order chi connectivity index (χ1) is 13.5. The molecule has 0 radical (unpaired) electrons. The normalized spacial score (nSPS) is 14.9. The quantitative estimate of drug-likeness (QED) is 0.719. The van der Waals surface area contributed by atoms with E-state index in [1.807, 2.05) is 13.8 Å². The molecule has 1 amide bonds. The molecular weight excluding hydrogens is 360 g/mol. The second-order valence-corrected chi connectivity index (χ2v) is 6.90. The molecule has 3 rings (SSSR count). The van der Waals surface area contributed by atoms with Crippen molar-refractivity contribution in [2.24, 2.45) is 0 Å². The smallest absolute Gasteiger partial charge is 0.338 e. The van der Waals surface area contributed by atoms with E-state index in [1.165, 1.54) is 0 Å². The molecule has 8 nitrogen and oxygen atoms in total. The summed E-state index contributed by atoms with van der Waals surface area (Å²) in [5.74, 6) is 0.0335. The Morgan fingerprint density at radius 2 is 1.82 bits per heavy atom. The van der Waals surface area contributed by atoms with Crippen molar-refractivity contribution in [2.45, 2.75) is 13.8 Å². The molecule has 0 atom stereocenters. The molecule has 1 fully saturated rings. The maximum absolute atomic E-state index is 12.2. The van der Waals surface area contributed by atoms with Gasteiger partial charge in [0.1, 0.15) is 5.82 Å². The third-order valence-electron chi connectivity index (χ3n) is 4.99. The van der Waals surface area contributed by atoms with Crippen molar-refractivity contribution >= 4 is 11.9 Å². The standard InChI is InChI=1S/C20H26N4O4/c1-14-15(2)22-19(21-14)16-3-5-17(6-4-16)20(27)28-13-18(26)24-9-7-23(8-10-24)11-12-25/h3-6,25H,7-13H2,1-2H3,(H,21,22). The first kappa shape index (κ1) is 20.0. The number of aryl methyl sites for hydroxylation is 2. The number of imidazole rings is 1. The van der Waals surface area contributed by atoms with Crippen molar-refractivity contribution in [1.29, 1.82) is 0 Å². The molecule has 28 heavy (non-hydrogen) atoms. The first-order valence-corrected chi connectivity index (χ1v) is 9.39. The van der Waals surface area contributed by atoms with Gasteiger partial charge in [-0.2, -0.15) is 0 Å². The molecule has 0 saturated carbocycles. The van der Waals surface area contributed by atoms with E-state index in [9.17, 15) is 9.59 Å². The molecule has 2 aromatic rings. The van der Waals surface area contributed by atoms with E-state index in [0.717, 1.165) is 22.8 Å². The molecule has 0 spiro atoms. The molecule has 1 saturated heterocycles. The van der Waals surface area contributed by atoms with Gasteiger partial charge in [0.2, 0.25) is 0 Å². The average molecular weight is 386 g/mol. The maximum Gasteiger partial charge on any atom is 0.338 e. The Kier molecular flexibility index (Phi) is 6.43. The van der Waals surface area contributed by atoms with Crippen molar-refractivity contribution in [3.63, 3.8) is 0 Å². The molecular formula is C20H26N4O4. The number of esters is 1. The van der Waals surface area contributed by atoms with Gasteiger partial charge in [-0.3, -0.25) is 9.69 Å². The van der Waals surface area contributed by atoms with Crippen LogP contribution in [0.1, 0.15) is 21.7 Å². The third-order valence-corrected chi connectivity index (χ3v) is 4.99. The number of amides is 1. The van der Waals surface area contributed by atoms with Crippen LogP contribution in [-0.2, 0) is 9.53 Å².